The standard InChI is InChI=1S/C22H22N6O3S/c1-15-13-19(9-10-20(15)31-3)32(29,30)27-18-7-5-17(6-8-18)26-21-14-22(25-16(2)24-21)28-12-4-11-23-28/h4-14,27H,1-3H3,(H,24,25,26). The fourth-order valence-corrected chi connectivity index (χ4v) is 4.28. The molecule has 0 aliphatic carbocycles. The van der Waals surface area contributed by atoms with Crippen molar-refractivity contribution in [2.45, 2.75) is 18.7 Å². The van der Waals surface area contributed by atoms with Gasteiger partial charge in [0.2, 0.25) is 0 Å². The maximum atomic E-state index is 12.7. The average Bonchev–Trinajstić information content (AvgIpc) is 3.29. The van der Waals surface area contributed by atoms with Gasteiger partial charge in [-0.25, -0.2) is 23.1 Å². The minimum absolute atomic E-state index is 0.167. The first-order valence-corrected chi connectivity index (χ1v) is 11.2. The number of sulfonamides is 1. The van der Waals surface area contributed by atoms with Crippen molar-refractivity contribution in [2.24, 2.45) is 0 Å². The van der Waals surface area contributed by atoms with Crippen LogP contribution in [0.3, 0.4) is 0 Å². The monoisotopic (exact) mass is 450 g/mol. The Hall–Kier alpha value is -3.92. The molecule has 2 aromatic heterocycles. The Kier molecular flexibility index (Phi) is 5.78. The van der Waals surface area contributed by atoms with Gasteiger partial charge in [0.15, 0.2) is 5.82 Å². The molecule has 0 atom stereocenters. The highest BCUT2D eigenvalue weighted by Crippen LogP contribution is 2.24. The van der Waals surface area contributed by atoms with Gasteiger partial charge in [-0.05, 0) is 67.9 Å². The summed E-state index contributed by atoms with van der Waals surface area (Å²) in [5.41, 5.74) is 1.93. The Bertz CT molecular complexity index is 1340. The lowest BCUT2D eigenvalue weighted by Gasteiger charge is -2.12. The van der Waals surface area contributed by atoms with Crippen LogP contribution in [0.1, 0.15) is 11.4 Å². The number of hydrogen-bond donors (Lipinski definition) is 2. The lowest BCUT2D eigenvalue weighted by molar-refractivity contribution is 0.411. The number of anilines is 3. The van der Waals surface area contributed by atoms with Crippen LogP contribution in [0.15, 0.2) is 71.9 Å². The van der Waals surface area contributed by atoms with Gasteiger partial charge in [0.25, 0.3) is 10.0 Å². The maximum absolute atomic E-state index is 12.7. The molecule has 164 valence electrons. The number of nitrogens with zero attached hydrogens (tertiary/aromatic N) is 4. The number of hydrogen-bond acceptors (Lipinski definition) is 7. The first-order chi connectivity index (χ1) is 15.3. The third-order valence-electron chi connectivity index (χ3n) is 4.65. The summed E-state index contributed by atoms with van der Waals surface area (Å²) in [5, 5.41) is 7.39. The van der Waals surface area contributed by atoms with Crippen molar-refractivity contribution < 1.29 is 13.2 Å². The zero-order valence-electron chi connectivity index (χ0n) is 17.8. The van der Waals surface area contributed by atoms with Gasteiger partial charge in [-0.1, -0.05) is 0 Å². The van der Waals surface area contributed by atoms with Gasteiger partial charge in [0.1, 0.15) is 17.4 Å². The molecule has 4 aromatic rings. The molecule has 0 spiro atoms. The number of rotatable bonds is 7. The quantitative estimate of drug-likeness (QED) is 0.440. The van der Waals surface area contributed by atoms with Gasteiger partial charge < -0.3 is 10.1 Å². The zero-order valence-corrected chi connectivity index (χ0v) is 18.6. The molecule has 0 aliphatic heterocycles. The second kappa shape index (κ2) is 8.67. The summed E-state index contributed by atoms with van der Waals surface area (Å²) in [5.74, 6) is 2.48. The predicted octanol–water partition coefficient (Wildman–Crippen LogP) is 3.83. The average molecular weight is 451 g/mol. The maximum Gasteiger partial charge on any atom is 0.261 e. The van der Waals surface area contributed by atoms with Crippen LogP contribution >= 0.6 is 0 Å². The summed E-state index contributed by atoms with van der Waals surface area (Å²) < 4.78 is 34.9. The smallest absolute Gasteiger partial charge is 0.261 e. The van der Waals surface area contributed by atoms with Crippen molar-refractivity contribution in [3.63, 3.8) is 0 Å². The highest BCUT2D eigenvalue weighted by atomic mass is 32.2. The Morgan fingerprint density at radius 1 is 0.969 bits per heavy atom. The van der Waals surface area contributed by atoms with E-state index in [2.05, 4.69) is 25.1 Å². The minimum atomic E-state index is -3.73. The SMILES string of the molecule is COc1ccc(S(=O)(=O)Nc2ccc(Nc3cc(-n4cccn4)nc(C)n3)cc2)cc1C. The Labute approximate surface area is 186 Å². The zero-order chi connectivity index (χ0) is 22.7. The summed E-state index contributed by atoms with van der Waals surface area (Å²) >= 11 is 0. The third kappa shape index (κ3) is 4.70. The van der Waals surface area contributed by atoms with Crippen LogP contribution in [0.25, 0.3) is 5.82 Å². The van der Waals surface area contributed by atoms with E-state index in [0.29, 0.717) is 28.9 Å². The number of aromatic nitrogens is 4. The molecule has 0 bridgehead atoms. The highest BCUT2D eigenvalue weighted by molar-refractivity contribution is 7.92. The van der Waals surface area contributed by atoms with E-state index in [1.165, 1.54) is 6.07 Å². The molecular formula is C22H22N6O3S. The van der Waals surface area contributed by atoms with Crippen molar-refractivity contribution in [1.82, 2.24) is 19.7 Å². The van der Waals surface area contributed by atoms with Crippen molar-refractivity contribution in [3.8, 4) is 11.6 Å². The molecule has 2 heterocycles. The molecule has 9 nitrogen and oxygen atoms in total. The summed E-state index contributed by atoms with van der Waals surface area (Å²) in [7, 11) is -2.18. The largest absolute Gasteiger partial charge is 0.496 e. The van der Waals surface area contributed by atoms with Crippen LogP contribution in [-0.2, 0) is 10.0 Å². The summed E-state index contributed by atoms with van der Waals surface area (Å²) in [6, 6.07) is 15.2. The number of nitrogens with one attached hydrogen (secondary N) is 2. The van der Waals surface area contributed by atoms with E-state index in [-0.39, 0.29) is 4.90 Å². The molecule has 2 aromatic carbocycles. The molecule has 0 unspecified atom stereocenters. The van der Waals surface area contributed by atoms with Crippen LogP contribution in [0, 0.1) is 13.8 Å². The van der Waals surface area contributed by atoms with Crippen LogP contribution in [-0.4, -0.2) is 35.3 Å². The van der Waals surface area contributed by atoms with Crippen LogP contribution < -0.4 is 14.8 Å². The Balaban J connectivity index is 1.50. The molecule has 0 fully saturated rings. The van der Waals surface area contributed by atoms with Gasteiger partial charge in [0, 0.05) is 29.8 Å². The first kappa shape index (κ1) is 21.3. The third-order valence-corrected chi connectivity index (χ3v) is 6.03. The Morgan fingerprint density at radius 3 is 2.38 bits per heavy atom. The van der Waals surface area contributed by atoms with E-state index in [9.17, 15) is 8.42 Å². The minimum Gasteiger partial charge on any atom is -0.496 e. The topological polar surface area (TPSA) is 111 Å². The molecule has 0 amide bonds. The van der Waals surface area contributed by atoms with E-state index in [1.54, 1.807) is 80.5 Å². The van der Waals surface area contributed by atoms with E-state index in [4.69, 9.17) is 4.74 Å². The van der Waals surface area contributed by atoms with Gasteiger partial charge in [-0.2, -0.15) is 5.10 Å². The van der Waals surface area contributed by atoms with Gasteiger partial charge in [-0.15, -0.1) is 0 Å². The fourth-order valence-electron chi connectivity index (χ4n) is 3.14. The predicted molar refractivity (Wildman–Crippen MR) is 122 cm³/mol. The summed E-state index contributed by atoms with van der Waals surface area (Å²) in [6.45, 7) is 3.60. The van der Waals surface area contributed by atoms with Crippen LogP contribution in [0.4, 0.5) is 17.2 Å². The molecule has 0 radical (unpaired) electrons. The number of ether oxygens (including phenoxy) is 1. The number of benzene rings is 2. The number of aryl methyl sites for hydroxylation is 2. The van der Waals surface area contributed by atoms with Crippen molar-refractivity contribution in [3.05, 3.63) is 78.4 Å². The van der Waals surface area contributed by atoms with Gasteiger partial charge >= 0.3 is 0 Å². The van der Waals surface area contributed by atoms with Gasteiger partial charge in [-0.3, -0.25) is 4.72 Å². The molecular weight excluding hydrogens is 428 g/mol. The first-order valence-electron chi connectivity index (χ1n) is 9.74. The molecule has 0 saturated carbocycles. The van der Waals surface area contributed by atoms with Crippen LogP contribution in [0.5, 0.6) is 5.75 Å². The lowest BCUT2D eigenvalue weighted by Crippen LogP contribution is -2.13. The highest BCUT2D eigenvalue weighted by Gasteiger charge is 2.16. The van der Waals surface area contributed by atoms with E-state index in [0.717, 1.165) is 11.3 Å². The van der Waals surface area contributed by atoms with E-state index >= 15 is 0 Å². The molecule has 32 heavy (non-hydrogen) atoms. The lowest BCUT2D eigenvalue weighted by atomic mass is 10.2. The molecule has 0 saturated heterocycles. The van der Waals surface area contributed by atoms with Gasteiger partial charge in [0.05, 0.1) is 12.0 Å². The normalized spacial score (nSPS) is 11.2. The summed E-state index contributed by atoms with van der Waals surface area (Å²) in [6.07, 6.45) is 3.48. The Morgan fingerprint density at radius 2 is 1.72 bits per heavy atom. The molecule has 4 rings (SSSR count). The molecule has 10 heteroatoms. The van der Waals surface area contributed by atoms with Crippen molar-refractivity contribution in [1.29, 1.82) is 0 Å². The van der Waals surface area contributed by atoms with Crippen molar-refractivity contribution >= 4 is 27.2 Å². The summed E-state index contributed by atoms with van der Waals surface area (Å²) in [4.78, 5) is 8.95. The molecule has 2 N–H and O–H groups in total. The fraction of sp³-hybridized carbons (Fsp3) is 0.136. The van der Waals surface area contributed by atoms with Crippen LogP contribution in [0.2, 0.25) is 0 Å². The molecule has 0 aliphatic rings. The van der Waals surface area contributed by atoms with Crippen molar-refractivity contribution in [2.75, 3.05) is 17.1 Å². The van der Waals surface area contributed by atoms with E-state index < -0.39 is 10.0 Å². The second-order valence-electron chi connectivity index (χ2n) is 7.05. The van der Waals surface area contributed by atoms with E-state index in [1.807, 2.05) is 6.07 Å². The number of methoxy groups -OCH3 is 1. The second-order valence-corrected chi connectivity index (χ2v) is 8.73.